The first-order valence-electron chi connectivity index (χ1n) is 16.6. The second-order valence-corrected chi connectivity index (χ2v) is 14.4. The molecule has 49 heavy (non-hydrogen) atoms. The van der Waals surface area contributed by atoms with E-state index < -0.39 is 0 Å². The summed E-state index contributed by atoms with van der Waals surface area (Å²) in [7, 11) is 0. The Balaban J connectivity index is 1.17. The fourth-order valence-corrected chi connectivity index (χ4v) is 9.55. The van der Waals surface area contributed by atoms with Crippen LogP contribution in [0.3, 0.4) is 0 Å². The predicted molar refractivity (Wildman–Crippen MR) is 211 cm³/mol. The number of nitrogens with zero attached hydrogens (tertiary/aromatic N) is 2. The van der Waals surface area contributed by atoms with Crippen LogP contribution in [0.5, 0.6) is 0 Å². The van der Waals surface area contributed by atoms with Crippen LogP contribution < -0.4 is 9.80 Å². The van der Waals surface area contributed by atoms with Gasteiger partial charge in [-0.05, 0) is 5.56 Å². The van der Waals surface area contributed by atoms with Crippen molar-refractivity contribution in [2.45, 2.75) is 0 Å². The molecule has 0 aliphatic rings. The minimum atomic E-state index is 0.224. The van der Waals surface area contributed by atoms with Crippen molar-refractivity contribution in [3.05, 3.63) is 194 Å². The van der Waals surface area contributed by atoms with Gasteiger partial charge < -0.3 is 0 Å². The zero-order valence-corrected chi connectivity index (χ0v) is 28.5. The largest absolute Gasteiger partial charge is 0.0617 e. The maximum absolute atomic E-state index is 2.42. The fourth-order valence-electron chi connectivity index (χ4n) is 6.89. The molecule has 0 saturated heterocycles. The first-order chi connectivity index (χ1) is 24.3. The number of para-hydroxylation sites is 2. The van der Waals surface area contributed by atoms with Crippen molar-refractivity contribution in [2.75, 3.05) is 9.80 Å². The second kappa shape index (κ2) is 12.6. The molecule has 1 heterocycles. The van der Waals surface area contributed by atoms with Gasteiger partial charge in [-0.1, -0.05) is 30.3 Å². The fraction of sp³-hybridized carbons (Fsp3) is 0. The summed E-state index contributed by atoms with van der Waals surface area (Å²) < 4.78 is 2.92. The Kier molecular flexibility index (Phi) is 7.55. The molecular weight excluding hydrogens is 659 g/mol. The number of benzene rings is 8. The summed E-state index contributed by atoms with van der Waals surface area (Å²) in [6, 6.07) is 70.1. The summed E-state index contributed by atoms with van der Waals surface area (Å²) in [5.74, 6) is 0. The van der Waals surface area contributed by atoms with Crippen LogP contribution in [0.2, 0.25) is 0 Å². The van der Waals surface area contributed by atoms with Crippen molar-refractivity contribution >= 4 is 78.7 Å². The van der Waals surface area contributed by atoms with Crippen molar-refractivity contribution in [3.63, 3.8) is 0 Å². The molecule has 0 unspecified atom stereocenters. The van der Waals surface area contributed by atoms with Gasteiger partial charge in [0.25, 0.3) is 0 Å². The summed E-state index contributed by atoms with van der Waals surface area (Å²) in [5, 5.41) is 5.44. The average Bonchev–Trinajstić information content (AvgIpc) is 3.55. The number of fused-ring (bicyclic) bond motifs is 5. The molecule has 9 aromatic rings. The van der Waals surface area contributed by atoms with Gasteiger partial charge in [0.2, 0.25) is 0 Å². The smallest absolute Gasteiger partial charge is 0.0544 e. The van der Waals surface area contributed by atoms with E-state index >= 15 is 0 Å². The summed E-state index contributed by atoms with van der Waals surface area (Å²) in [6.07, 6.45) is 0. The van der Waals surface area contributed by atoms with E-state index in [-0.39, 0.29) is 14.5 Å². The van der Waals surface area contributed by atoms with Crippen LogP contribution in [0.15, 0.2) is 194 Å². The third kappa shape index (κ3) is 5.50. The van der Waals surface area contributed by atoms with E-state index in [1.165, 1.54) is 46.9 Å². The Morgan fingerprint density at radius 2 is 0.796 bits per heavy atom. The Hall–Kier alpha value is -5.86. The number of hydrogen-bond donors (Lipinski definition) is 0. The Labute approximate surface area is 292 Å². The molecule has 2 nitrogen and oxygen atoms in total. The second-order valence-electron chi connectivity index (χ2n) is 12.2. The van der Waals surface area contributed by atoms with Crippen LogP contribution in [0.25, 0.3) is 41.2 Å². The first-order valence-corrected chi connectivity index (χ1v) is 18.3. The van der Waals surface area contributed by atoms with E-state index in [0.717, 1.165) is 28.4 Å². The molecule has 0 atom stereocenters. The molecule has 0 bridgehead atoms. The molecule has 3 heteroatoms. The van der Waals surface area contributed by atoms with Gasteiger partial charge in [-0.3, -0.25) is 0 Å². The normalized spacial score (nSPS) is 11.3. The molecule has 232 valence electrons. The van der Waals surface area contributed by atoms with Crippen LogP contribution in [-0.4, -0.2) is 14.5 Å². The summed E-state index contributed by atoms with van der Waals surface area (Å²) in [4.78, 5) is 4.73. The van der Waals surface area contributed by atoms with E-state index in [2.05, 4.69) is 204 Å². The predicted octanol–water partition coefficient (Wildman–Crippen LogP) is 12.8. The van der Waals surface area contributed by atoms with Gasteiger partial charge in [-0.15, -0.1) is 0 Å². The molecular formula is C46H32N2Se. The molecule has 0 fully saturated rings. The Morgan fingerprint density at radius 3 is 1.49 bits per heavy atom. The molecule has 0 N–H and O–H groups in total. The van der Waals surface area contributed by atoms with Crippen molar-refractivity contribution in [1.29, 1.82) is 0 Å². The molecule has 0 radical (unpaired) electrons. The van der Waals surface area contributed by atoms with E-state index in [1.807, 2.05) is 0 Å². The van der Waals surface area contributed by atoms with E-state index in [1.54, 1.807) is 0 Å². The molecule has 0 amide bonds. The number of hydrogen-bond acceptors (Lipinski definition) is 2. The summed E-state index contributed by atoms with van der Waals surface area (Å²) >= 11 is 0.224. The average molecular weight is 692 g/mol. The van der Waals surface area contributed by atoms with Crippen molar-refractivity contribution in [1.82, 2.24) is 0 Å². The van der Waals surface area contributed by atoms with Gasteiger partial charge in [-0.2, -0.15) is 0 Å². The third-order valence-corrected chi connectivity index (χ3v) is 11.7. The molecule has 0 aliphatic heterocycles. The monoisotopic (exact) mass is 692 g/mol. The molecule has 0 saturated carbocycles. The van der Waals surface area contributed by atoms with Crippen molar-refractivity contribution in [3.8, 4) is 11.1 Å². The summed E-state index contributed by atoms with van der Waals surface area (Å²) in [5.41, 5.74) is 9.15. The Bertz CT molecular complexity index is 2540. The van der Waals surface area contributed by atoms with E-state index in [9.17, 15) is 0 Å². The maximum Gasteiger partial charge on any atom is -0.0544 e. The molecule has 8 aromatic carbocycles. The maximum atomic E-state index is 2.42. The zero-order valence-electron chi connectivity index (χ0n) is 26.8. The van der Waals surface area contributed by atoms with Crippen LogP contribution in [0, 0.1) is 0 Å². The van der Waals surface area contributed by atoms with Gasteiger partial charge in [0.1, 0.15) is 0 Å². The minimum Gasteiger partial charge on any atom is -0.0617 e. The SMILES string of the molecule is c1ccc(-c2ccc(N(c3ccccc3)c3cccc(N(c4ccccc4)c4ccc5c(c4)[se]c4c6ccccc6ccc54)c3)cc2)cc1. The third-order valence-electron chi connectivity index (χ3n) is 9.21. The molecule has 9 rings (SSSR count). The van der Waals surface area contributed by atoms with Gasteiger partial charge in [0.15, 0.2) is 0 Å². The Morgan fingerprint density at radius 1 is 0.306 bits per heavy atom. The molecule has 0 spiro atoms. The van der Waals surface area contributed by atoms with Crippen LogP contribution in [0.4, 0.5) is 34.1 Å². The zero-order chi connectivity index (χ0) is 32.6. The van der Waals surface area contributed by atoms with Crippen LogP contribution in [-0.2, 0) is 0 Å². The van der Waals surface area contributed by atoms with Crippen molar-refractivity contribution < 1.29 is 0 Å². The van der Waals surface area contributed by atoms with Gasteiger partial charge in [-0.25, -0.2) is 0 Å². The quantitative estimate of drug-likeness (QED) is 0.154. The number of anilines is 6. The summed E-state index contributed by atoms with van der Waals surface area (Å²) in [6.45, 7) is 0. The molecule has 0 aliphatic carbocycles. The van der Waals surface area contributed by atoms with E-state index in [0.29, 0.717) is 0 Å². The molecule has 1 aromatic heterocycles. The van der Waals surface area contributed by atoms with E-state index in [4.69, 9.17) is 0 Å². The van der Waals surface area contributed by atoms with Crippen LogP contribution in [0.1, 0.15) is 0 Å². The van der Waals surface area contributed by atoms with Gasteiger partial charge in [0.05, 0.1) is 0 Å². The van der Waals surface area contributed by atoms with Gasteiger partial charge in [0, 0.05) is 0 Å². The standard InChI is InChI=1S/C46H32N2Se/c1-4-13-33(14-5-1)34-23-26-38(27-24-34)47(36-16-6-2-7-17-36)39-20-12-21-40(31-39)48(37-18-8-3-9-19-37)41-28-30-43-44-29-25-35-15-10-11-22-42(35)46(44)49-45(43)32-41/h1-32H. The van der Waals surface area contributed by atoms with Crippen LogP contribution >= 0.6 is 0 Å². The van der Waals surface area contributed by atoms with Gasteiger partial charge >= 0.3 is 258 Å². The van der Waals surface area contributed by atoms with Crippen molar-refractivity contribution in [2.24, 2.45) is 0 Å². The topological polar surface area (TPSA) is 6.48 Å². The minimum absolute atomic E-state index is 0.224. The first kappa shape index (κ1) is 29.3. The number of rotatable bonds is 7.